The Bertz CT molecular complexity index is 940. The lowest BCUT2D eigenvalue weighted by Gasteiger charge is -2.21. The lowest BCUT2D eigenvalue weighted by Crippen LogP contribution is -2.17. The van der Waals surface area contributed by atoms with Crippen molar-refractivity contribution in [3.05, 3.63) is 42.6 Å². The van der Waals surface area contributed by atoms with Crippen LogP contribution >= 0.6 is 7.60 Å². The van der Waals surface area contributed by atoms with Gasteiger partial charge < -0.3 is 14.8 Å². The molecule has 0 fully saturated rings. The summed E-state index contributed by atoms with van der Waals surface area (Å²) in [5.74, 6) is 0.390. The molecule has 26 heavy (non-hydrogen) atoms. The van der Waals surface area contributed by atoms with Crippen molar-refractivity contribution in [2.75, 3.05) is 5.73 Å². The number of benzene rings is 1. The van der Waals surface area contributed by atoms with Crippen LogP contribution in [0.1, 0.15) is 27.7 Å². The number of nitrogen functional groups attached to an aromatic ring is 1. The van der Waals surface area contributed by atoms with Crippen LogP contribution in [0.15, 0.2) is 42.6 Å². The lowest BCUT2D eigenvalue weighted by molar-refractivity contribution is 0.150. The van der Waals surface area contributed by atoms with Crippen LogP contribution in [0.2, 0.25) is 0 Å². The molecule has 7 nitrogen and oxygen atoms in total. The van der Waals surface area contributed by atoms with Gasteiger partial charge in [0.2, 0.25) is 0 Å². The number of hydrogen-bond donors (Lipinski definition) is 1. The van der Waals surface area contributed by atoms with Crippen molar-refractivity contribution in [3.63, 3.8) is 0 Å². The topological polar surface area (TPSA) is 91.7 Å². The van der Waals surface area contributed by atoms with Crippen molar-refractivity contribution < 1.29 is 13.6 Å². The van der Waals surface area contributed by atoms with Crippen LogP contribution in [0.5, 0.6) is 0 Å². The molecule has 8 heteroatoms. The average molecular weight is 374 g/mol. The third kappa shape index (κ3) is 3.65. The van der Waals surface area contributed by atoms with Gasteiger partial charge in [-0.3, -0.25) is 4.57 Å². The number of fused-ring (bicyclic) bond motifs is 1. The molecule has 0 spiro atoms. The Morgan fingerprint density at radius 1 is 1.08 bits per heavy atom. The Hall–Kier alpha value is -2.21. The molecule has 0 amide bonds. The van der Waals surface area contributed by atoms with Gasteiger partial charge in [-0.15, -0.1) is 0 Å². The molecule has 3 aromatic rings. The summed E-state index contributed by atoms with van der Waals surface area (Å²) < 4.78 is 26.3. The first-order valence-corrected chi connectivity index (χ1v) is 10.0. The Morgan fingerprint density at radius 3 is 2.27 bits per heavy atom. The first-order chi connectivity index (χ1) is 12.3. The number of nitrogens with zero attached hydrogens (tertiary/aromatic N) is 3. The van der Waals surface area contributed by atoms with Crippen molar-refractivity contribution in [1.82, 2.24) is 14.6 Å². The maximum Gasteiger partial charge on any atom is 0.367 e. The number of anilines is 1. The molecule has 0 aliphatic heterocycles. The number of rotatable bonds is 6. The highest BCUT2D eigenvalue weighted by atomic mass is 31.2. The summed E-state index contributed by atoms with van der Waals surface area (Å²) in [6.07, 6.45) is 0.882. The molecule has 1 aromatic carbocycles. The molecule has 2 heterocycles. The highest BCUT2D eigenvalue weighted by molar-refractivity contribution is 7.62. The van der Waals surface area contributed by atoms with Crippen LogP contribution in [0.3, 0.4) is 0 Å². The fourth-order valence-corrected chi connectivity index (χ4v) is 4.59. The highest BCUT2D eigenvalue weighted by Gasteiger charge is 2.35. The second-order valence-corrected chi connectivity index (χ2v) is 8.40. The third-order valence-corrected chi connectivity index (χ3v) is 5.85. The monoisotopic (exact) mass is 374 g/mol. The zero-order valence-corrected chi connectivity index (χ0v) is 16.2. The fraction of sp³-hybridized carbons (Fsp3) is 0.333. The van der Waals surface area contributed by atoms with Crippen molar-refractivity contribution in [3.8, 4) is 11.3 Å². The van der Waals surface area contributed by atoms with Gasteiger partial charge in [0, 0.05) is 11.6 Å². The molecule has 2 aromatic heterocycles. The van der Waals surface area contributed by atoms with Gasteiger partial charge in [-0.2, -0.15) is 9.61 Å². The Balaban J connectivity index is 2.20. The smallest absolute Gasteiger partial charge is 0.367 e. The molecule has 0 atom stereocenters. The quantitative estimate of drug-likeness (QED) is 0.662. The predicted molar refractivity (Wildman–Crippen MR) is 103 cm³/mol. The zero-order chi connectivity index (χ0) is 18.9. The molecule has 0 aliphatic rings. The van der Waals surface area contributed by atoms with E-state index < -0.39 is 7.60 Å². The molecule has 0 saturated carbocycles. The lowest BCUT2D eigenvalue weighted by atomic mass is 10.1. The fourth-order valence-electron chi connectivity index (χ4n) is 2.62. The molecule has 3 rings (SSSR count). The maximum atomic E-state index is 13.5. The average Bonchev–Trinajstić information content (AvgIpc) is 2.99. The van der Waals surface area contributed by atoms with Crippen LogP contribution in [0, 0.1) is 0 Å². The molecule has 2 N–H and O–H groups in total. The van der Waals surface area contributed by atoms with Gasteiger partial charge in [0.15, 0.2) is 5.65 Å². The maximum absolute atomic E-state index is 13.5. The standard InChI is InChI=1S/C18H23N4O3P/c1-12(2)24-26(23,25-13(3)4)16-11-20-22-17(19)10-15(21-18(16)22)14-8-6-5-7-9-14/h5-13H,19H2,1-4H3. The minimum Gasteiger partial charge on any atom is -0.384 e. The van der Waals surface area contributed by atoms with E-state index in [9.17, 15) is 4.57 Å². The van der Waals surface area contributed by atoms with Crippen molar-refractivity contribution in [2.24, 2.45) is 0 Å². The Labute approximate surface area is 152 Å². The first kappa shape index (κ1) is 18.6. The van der Waals surface area contributed by atoms with E-state index in [-0.39, 0.29) is 12.2 Å². The summed E-state index contributed by atoms with van der Waals surface area (Å²) in [5, 5.41) is 4.54. The van der Waals surface area contributed by atoms with Gasteiger partial charge in [0.1, 0.15) is 11.1 Å². The number of aromatic nitrogens is 3. The number of nitrogens with two attached hydrogens (primary N) is 1. The SMILES string of the molecule is CC(C)OP(=O)(OC(C)C)c1cnn2c(N)cc(-c3ccccc3)nc12. The number of hydrogen-bond acceptors (Lipinski definition) is 6. The predicted octanol–water partition coefficient (Wildman–Crippen LogP) is 3.65. The molecule has 0 saturated heterocycles. The summed E-state index contributed by atoms with van der Waals surface area (Å²) in [7, 11) is -3.61. The molecule has 0 aliphatic carbocycles. The van der Waals surface area contributed by atoms with E-state index in [4.69, 9.17) is 14.8 Å². The van der Waals surface area contributed by atoms with Gasteiger partial charge in [0.25, 0.3) is 0 Å². The third-order valence-electron chi connectivity index (χ3n) is 3.54. The summed E-state index contributed by atoms with van der Waals surface area (Å²) in [4.78, 5) is 4.64. The molecule has 0 radical (unpaired) electrons. The van der Waals surface area contributed by atoms with E-state index in [1.54, 1.807) is 33.8 Å². The van der Waals surface area contributed by atoms with Crippen molar-refractivity contribution >= 4 is 24.4 Å². The van der Waals surface area contributed by atoms with E-state index in [2.05, 4.69) is 10.1 Å². The molecular formula is C18H23N4O3P. The van der Waals surface area contributed by atoms with E-state index in [1.807, 2.05) is 30.3 Å². The van der Waals surface area contributed by atoms with E-state index >= 15 is 0 Å². The minimum atomic E-state index is -3.61. The largest absolute Gasteiger partial charge is 0.384 e. The highest BCUT2D eigenvalue weighted by Crippen LogP contribution is 2.50. The summed E-state index contributed by atoms with van der Waals surface area (Å²) >= 11 is 0. The minimum absolute atomic E-state index is 0.288. The second kappa shape index (κ2) is 7.19. The van der Waals surface area contributed by atoms with Crippen molar-refractivity contribution in [2.45, 2.75) is 39.9 Å². The van der Waals surface area contributed by atoms with E-state index in [0.29, 0.717) is 22.5 Å². The van der Waals surface area contributed by atoms with Crippen LogP contribution in [-0.4, -0.2) is 26.8 Å². The second-order valence-electron chi connectivity index (χ2n) is 6.50. The van der Waals surface area contributed by atoms with Crippen molar-refractivity contribution in [1.29, 1.82) is 0 Å². The van der Waals surface area contributed by atoms with Gasteiger partial charge in [-0.1, -0.05) is 30.3 Å². The van der Waals surface area contributed by atoms with Crippen LogP contribution in [0.4, 0.5) is 5.82 Å². The van der Waals surface area contributed by atoms with Gasteiger partial charge in [-0.05, 0) is 27.7 Å². The van der Waals surface area contributed by atoms with E-state index in [1.165, 1.54) is 10.7 Å². The van der Waals surface area contributed by atoms with E-state index in [0.717, 1.165) is 5.56 Å². The molecule has 0 unspecified atom stereocenters. The van der Waals surface area contributed by atoms with Gasteiger partial charge in [0.05, 0.1) is 24.1 Å². The van der Waals surface area contributed by atoms with Crippen LogP contribution in [-0.2, 0) is 13.6 Å². The van der Waals surface area contributed by atoms with Crippen LogP contribution < -0.4 is 11.0 Å². The zero-order valence-electron chi connectivity index (χ0n) is 15.3. The molecule has 0 bridgehead atoms. The van der Waals surface area contributed by atoms with Gasteiger partial charge >= 0.3 is 7.60 Å². The van der Waals surface area contributed by atoms with Crippen LogP contribution in [0.25, 0.3) is 16.9 Å². The molecular weight excluding hydrogens is 351 g/mol. The summed E-state index contributed by atoms with van der Waals surface area (Å²) in [6.45, 7) is 7.22. The Morgan fingerprint density at radius 2 is 1.69 bits per heavy atom. The first-order valence-electron chi connectivity index (χ1n) is 8.47. The normalized spacial score (nSPS) is 12.4. The Kier molecular flexibility index (Phi) is 5.14. The summed E-state index contributed by atoms with van der Waals surface area (Å²) in [6, 6.07) is 11.4. The molecule has 138 valence electrons. The van der Waals surface area contributed by atoms with Gasteiger partial charge in [-0.25, -0.2) is 4.98 Å². The summed E-state index contributed by atoms with van der Waals surface area (Å²) in [5.41, 5.74) is 8.08.